The van der Waals surface area contributed by atoms with E-state index in [-0.39, 0.29) is 0 Å². The summed E-state index contributed by atoms with van der Waals surface area (Å²) < 4.78 is 6.99. The second-order valence-electron chi connectivity index (χ2n) is 5.87. The fourth-order valence-corrected chi connectivity index (χ4v) is 2.74. The fourth-order valence-electron chi connectivity index (χ4n) is 2.54. The Morgan fingerprint density at radius 3 is 2.70 bits per heavy atom. The summed E-state index contributed by atoms with van der Waals surface area (Å²) in [6, 6.07) is 0. The number of aryl methyl sites for hydroxylation is 1. The molecule has 0 unspecified atom stereocenters. The number of nitrogens with one attached hydrogen (secondary N) is 1. The van der Waals surface area contributed by atoms with Crippen LogP contribution in [0.25, 0.3) is 0 Å². The summed E-state index contributed by atoms with van der Waals surface area (Å²) in [6.07, 6.45) is 1.36. The predicted octanol–water partition coefficient (Wildman–Crippen LogP) is 1.83. The van der Waals surface area contributed by atoms with Crippen LogP contribution in [0.15, 0.2) is 0 Å². The van der Waals surface area contributed by atoms with E-state index < -0.39 is 5.60 Å². The van der Waals surface area contributed by atoms with Crippen molar-refractivity contribution in [2.75, 3.05) is 19.8 Å². The fraction of sp³-hybridized carbons (Fsp3) is 0.786. The summed E-state index contributed by atoms with van der Waals surface area (Å²) >= 11 is 6.29. The second kappa shape index (κ2) is 6.43. The Labute approximate surface area is 125 Å². The summed E-state index contributed by atoms with van der Waals surface area (Å²) in [5.74, 6) is 0.330. The number of halogens is 1. The lowest BCUT2D eigenvalue weighted by atomic mass is 9.94. The maximum absolute atomic E-state index is 10.4. The van der Waals surface area contributed by atoms with E-state index >= 15 is 0 Å². The molecule has 20 heavy (non-hydrogen) atoms. The maximum Gasteiger partial charge on any atom is 0.131 e. The van der Waals surface area contributed by atoms with Gasteiger partial charge in [0, 0.05) is 51.8 Å². The van der Waals surface area contributed by atoms with Gasteiger partial charge in [-0.15, -0.1) is 0 Å². The minimum absolute atomic E-state index is 0.330. The molecule has 0 amide bonds. The number of nitrogens with zero attached hydrogens (tertiary/aromatic N) is 2. The predicted molar refractivity (Wildman–Crippen MR) is 79.0 cm³/mol. The molecule has 2 rings (SSSR count). The van der Waals surface area contributed by atoms with Gasteiger partial charge in [0.25, 0.3) is 0 Å². The van der Waals surface area contributed by atoms with Crippen molar-refractivity contribution in [3.63, 3.8) is 0 Å². The monoisotopic (exact) mass is 301 g/mol. The maximum atomic E-state index is 10.4. The van der Waals surface area contributed by atoms with Crippen LogP contribution in [-0.2, 0) is 18.3 Å². The Bertz CT molecular complexity index is 454. The zero-order chi connectivity index (χ0) is 14.8. The van der Waals surface area contributed by atoms with Crippen molar-refractivity contribution in [1.29, 1.82) is 0 Å². The van der Waals surface area contributed by atoms with Crippen molar-refractivity contribution in [2.24, 2.45) is 7.05 Å². The van der Waals surface area contributed by atoms with Crippen LogP contribution in [0.1, 0.15) is 43.9 Å². The molecule has 2 heterocycles. The van der Waals surface area contributed by atoms with Crippen LogP contribution in [0, 0.1) is 0 Å². The minimum atomic E-state index is -0.662. The van der Waals surface area contributed by atoms with Gasteiger partial charge < -0.3 is 15.2 Å². The standard InChI is InChI=1S/C14H24ClN3O2/c1-10(2)12-11(13(15)18(3)17-12)8-16-9-14(19)4-6-20-7-5-14/h10,16,19H,4-9H2,1-3H3. The minimum Gasteiger partial charge on any atom is -0.388 e. The second-order valence-corrected chi connectivity index (χ2v) is 6.23. The Hall–Kier alpha value is -0.620. The SMILES string of the molecule is CC(C)c1nn(C)c(Cl)c1CNCC1(O)CCOCC1. The van der Waals surface area contributed by atoms with Crippen molar-refractivity contribution < 1.29 is 9.84 Å². The highest BCUT2D eigenvalue weighted by Crippen LogP contribution is 2.25. The van der Waals surface area contributed by atoms with Gasteiger partial charge in [-0.1, -0.05) is 25.4 Å². The molecule has 0 spiro atoms. The quantitative estimate of drug-likeness (QED) is 0.871. The highest BCUT2D eigenvalue weighted by molar-refractivity contribution is 6.30. The van der Waals surface area contributed by atoms with E-state index in [4.69, 9.17) is 16.3 Å². The molecule has 5 nitrogen and oxygen atoms in total. The summed E-state index contributed by atoms with van der Waals surface area (Å²) in [5, 5.41) is 18.8. The molecule has 1 aromatic heterocycles. The molecule has 1 aromatic rings. The Morgan fingerprint density at radius 1 is 1.45 bits per heavy atom. The lowest BCUT2D eigenvalue weighted by molar-refractivity contribution is -0.0617. The first-order valence-electron chi connectivity index (χ1n) is 7.15. The number of hydrogen-bond donors (Lipinski definition) is 2. The lowest BCUT2D eigenvalue weighted by Crippen LogP contribution is -2.44. The molecular weight excluding hydrogens is 278 g/mol. The third kappa shape index (κ3) is 3.52. The van der Waals surface area contributed by atoms with Crippen LogP contribution in [0.2, 0.25) is 5.15 Å². The Balaban J connectivity index is 1.97. The van der Waals surface area contributed by atoms with Gasteiger partial charge >= 0.3 is 0 Å². The molecule has 1 saturated heterocycles. The Morgan fingerprint density at radius 2 is 2.10 bits per heavy atom. The largest absolute Gasteiger partial charge is 0.388 e. The summed E-state index contributed by atoms with van der Waals surface area (Å²) in [6.45, 7) is 6.65. The van der Waals surface area contributed by atoms with Crippen molar-refractivity contribution in [1.82, 2.24) is 15.1 Å². The van der Waals surface area contributed by atoms with Crippen LogP contribution in [0.4, 0.5) is 0 Å². The van der Waals surface area contributed by atoms with Crippen LogP contribution >= 0.6 is 11.6 Å². The van der Waals surface area contributed by atoms with Gasteiger partial charge in [0.15, 0.2) is 0 Å². The van der Waals surface area contributed by atoms with Gasteiger partial charge in [0.05, 0.1) is 11.3 Å². The molecule has 0 aliphatic carbocycles. The molecule has 0 radical (unpaired) electrons. The van der Waals surface area contributed by atoms with Crippen LogP contribution in [0.5, 0.6) is 0 Å². The van der Waals surface area contributed by atoms with Gasteiger partial charge in [0.2, 0.25) is 0 Å². The zero-order valence-electron chi connectivity index (χ0n) is 12.4. The van der Waals surface area contributed by atoms with E-state index in [1.807, 2.05) is 7.05 Å². The smallest absolute Gasteiger partial charge is 0.131 e. The molecule has 0 aromatic carbocycles. The van der Waals surface area contributed by atoms with Crippen molar-refractivity contribution in [3.8, 4) is 0 Å². The molecule has 6 heteroatoms. The normalized spacial score (nSPS) is 18.7. The zero-order valence-corrected chi connectivity index (χ0v) is 13.2. The summed E-state index contributed by atoms with van der Waals surface area (Å²) in [7, 11) is 1.85. The topological polar surface area (TPSA) is 59.3 Å². The Kier molecular flexibility index (Phi) is 5.07. The van der Waals surface area contributed by atoms with E-state index in [0.717, 1.165) is 11.3 Å². The number of ether oxygens (including phenoxy) is 1. The van der Waals surface area contributed by atoms with Gasteiger partial charge in [0.1, 0.15) is 5.15 Å². The van der Waals surface area contributed by atoms with Gasteiger partial charge in [-0.25, -0.2) is 0 Å². The van der Waals surface area contributed by atoms with Crippen molar-refractivity contribution in [3.05, 3.63) is 16.4 Å². The van der Waals surface area contributed by atoms with E-state index in [1.165, 1.54) is 0 Å². The van der Waals surface area contributed by atoms with Crippen molar-refractivity contribution >= 4 is 11.6 Å². The molecule has 0 saturated carbocycles. The van der Waals surface area contributed by atoms with E-state index in [1.54, 1.807) is 4.68 Å². The molecule has 2 N–H and O–H groups in total. The molecule has 0 bridgehead atoms. The molecule has 114 valence electrons. The number of hydrogen-bond acceptors (Lipinski definition) is 4. The molecule has 1 aliphatic heterocycles. The average Bonchev–Trinajstić information content (AvgIpc) is 2.68. The number of aromatic nitrogens is 2. The summed E-state index contributed by atoms with van der Waals surface area (Å²) in [4.78, 5) is 0. The average molecular weight is 302 g/mol. The highest BCUT2D eigenvalue weighted by Gasteiger charge is 2.29. The van der Waals surface area contributed by atoms with Crippen molar-refractivity contribution in [2.45, 2.75) is 44.8 Å². The van der Waals surface area contributed by atoms with Gasteiger partial charge in [-0.05, 0) is 5.92 Å². The third-order valence-corrected chi connectivity index (χ3v) is 4.30. The first-order chi connectivity index (χ1) is 9.43. The van der Waals surface area contributed by atoms with E-state index in [2.05, 4.69) is 24.3 Å². The number of aliphatic hydroxyl groups is 1. The molecule has 1 fully saturated rings. The van der Waals surface area contributed by atoms with Crippen LogP contribution < -0.4 is 5.32 Å². The lowest BCUT2D eigenvalue weighted by Gasteiger charge is -2.32. The highest BCUT2D eigenvalue weighted by atomic mass is 35.5. The first-order valence-corrected chi connectivity index (χ1v) is 7.53. The van der Waals surface area contributed by atoms with E-state index in [0.29, 0.717) is 50.2 Å². The van der Waals surface area contributed by atoms with Crippen LogP contribution in [-0.4, -0.2) is 40.2 Å². The number of rotatable bonds is 5. The van der Waals surface area contributed by atoms with Crippen LogP contribution in [0.3, 0.4) is 0 Å². The summed E-state index contributed by atoms with van der Waals surface area (Å²) in [5.41, 5.74) is 1.38. The molecule has 1 aliphatic rings. The third-order valence-electron chi connectivity index (χ3n) is 3.83. The molecule has 0 atom stereocenters. The van der Waals surface area contributed by atoms with Gasteiger partial charge in [-0.3, -0.25) is 4.68 Å². The first kappa shape index (κ1) is 15.8. The molecular formula is C14H24ClN3O2. The van der Waals surface area contributed by atoms with E-state index in [9.17, 15) is 5.11 Å². The van der Waals surface area contributed by atoms with Gasteiger partial charge in [-0.2, -0.15) is 5.10 Å².